The number of esters is 1. The van der Waals surface area contributed by atoms with E-state index in [9.17, 15) is 24.0 Å². The van der Waals surface area contributed by atoms with Crippen LogP contribution < -0.4 is 5.32 Å². The van der Waals surface area contributed by atoms with Crippen molar-refractivity contribution in [1.29, 1.82) is 0 Å². The summed E-state index contributed by atoms with van der Waals surface area (Å²) in [4.78, 5) is 63.0. The average Bonchev–Trinajstić information content (AvgIpc) is 3.47. The van der Waals surface area contributed by atoms with Gasteiger partial charge in [0.1, 0.15) is 18.7 Å². The van der Waals surface area contributed by atoms with Gasteiger partial charge in [0.05, 0.1) is 17.7 Å². The van der Waals surface area contributed by atoms with E-state index in [-0.39, 0.29) is 19.1 Å². The van der Waals surface area contributed by atoms with E-state index in [0.717, 1.165) is 22.6 Å². The first-order valence-electron chi connectivity index (χ1n) is 9.08. The van der Waals surface area contributed by atoms with Crippen molar-refractivity contribution in [2.24, 2.45) is 5.92 Å². The third-order valence-electron chi connectivity index (χ3n) is 5.44. The Labute approximate surface area is 160 Å². The molecule has 28 heavy (non-hydrogen) atoms. The van der Waals surface area contributed by atoms with Crippen LogP contribution in [-0.4, -0.2) is 64.8 Å². The Hall–Kier alpha value is -3.23. The van der Waals surface area contributed by atoms with Crippen molar-refractivity contribution in [3.05, 3.63) is 35.4 Å². The van der Waals surface area contributed by atoms with Crippen LogP contribution in [-0.2, 0) is 14.3 Å². The fraction of sp³-hybridized carbons (Fsp3) is 0.421. The highest BCUT2D eigenvalue weighted by molar-refractivity contribution is 6.21. The zero-order valence-electron chi connectivity index (χ0n) is 15.3. The summed E-state index contributed by atoms with van der Waals surface area (Å²) >= 11 is 0. The fourth-order valence-corrected chi connectivity index (χ4v) is 3.66. The van der Waals surface area contributed by atoms with Crippen molar-refractivity contribution < 1.29 is 28.7 Å². The molecule has 1 saturated heterocycles. The van der Waals surface area contributed by atoms with Crippen molar-refractivity contribution in [3.63, 3.8) is 0 Å². The third-order valence-corrected chi connectivity index (χ3v) is 5.44. The number of carbonyl (C=O) groups excluding carboxylic acids is 5. The predicted molar refractivity (Wildman–Crippen MR) is 94.1 cm³/mol. The molecule has 0 aromatic heterocycles. The molecule has 1 atom stereocenters. The summed E-state index contributed by atoms with van der Waals surface area (Å²) in [6, 6.07) is 5.85. The molecule has 2 heterocycles. The smallest absolute Gasteiger partial charge is 0.326 e. The summed E-state index contributed by atoms with van der Waals surface area (Å²) in [6.45, 7) is 0.847. The molecule has 1 aromatic rings. The molecule has 1 aromatic carbocycles. The predicted octanol–water partition coefficient (Wildman–Crippen LogP) is 0.546. The lowest BCUT2D eigenvalue weighted by Gasteiger charge is -2.20. The first-order chi connectivity index (χ1) is 13.3. The normalized spacial score (nSPS) is 23.9. The van der Waals surface area contributed by atoms with Gasteiger partial charge in [-0.25, -0.2) is 4.79 Å². The Kier molecular flexibility index (Phi) is 4.17. The molecule has 2 aliphatic heterocycles. The van der Waals surface area contributed by atoms with Gasteiger partial charge in [-0.3, -0.25) is 29.0 Å². The zero-order chi connectivity index (χ0) is 20.1. The number of nitrogens with zero attached hydrogens (tertiary/aromatic N) is 2. The minimum absolute atomic E-state index is 0.0961. The lowest BCUT2D eigenvalue weighted by atomic mass is 9.96. The maximum atomic E-state index is 12.5. The molecular weight excluding hydrogens is 366 g/mol. The number of carbonyl (C=O) groups is 5. The van der Waals surface area contributed by atoms with E-state index in [1.807, 2.05) is 0 Å². The van der Waals surface area contributed by atoms with Crippen molar-refractivity contribution in [2.75, 3.05) is 19.7 Å². The number of rotatable bonds is 6. The maximum Gasteiger partial charge on any atom is 0.326 e. The van der Waals surface area contributed by atoms with Gasteiger partial charge in [0.2, 0.25) is 0 Å². The van der Waals surface area contributed by atoms with Crippen molar-refractivity contribution in [3.8, 4) is 0 Å². The van der Waals surface area contributed by atoms with Gasteiger partial charge in [-0.05, 0) is 37.8 Å². The summed E-state index contributed by atoms with van der Waals surface area (Å²) < 4.78 is 5.04. The molecule has 0 unspecified atom stereocenters. The number of imide groups is 2. The number of amides is 5. The summed E-state index contributed by atoms with van der Waals surface area (Å²) in [5.41, 5.74) is -0.326. The molecule has 9 heteroatoms. The SMILES string of the molecule is C[C@]1(C2CC2)NC(=O)N(CC(=O)OCCN2C(=O)c3ccccc3C2=O)C1=O. The molecule has 5 amide bonds. The largest absolute Gasteiger partial charge is 0.462 e. The van der Waals surface area contributed by atoms with Crippen molar-refractivity contribution in [2.45, 2.75) is 25.3 Å². The van der Waals surface area contributed by atoms with Gasteiger partial charge < -0.3 is 10.1 Å². The van der Waals surface area contributed by atoms with Crippen LogP contribution in [0, 0.1) is 5.92 Å². The number of ether oxygens (including phenoxy) is 1. The van der Waals surface area contributed by atoms with Crippen LogP contribution in [0.25, 0.3) is 0 Å². The Bertz CT molecular complexity index is 874. The monoisotopic (exact) mass is 385 g/mol. The quantitative estimate of drug-likeness (QED) is 0.435. The molecule has 0 radical (unpaired) electrons. The maximum absolute atomic E-state index is 12.5. The number of hydrogen-bond acceptors (Lipinski definition) is 6. The molecule has 1 saturated carbocycles. The highest BCUT2D eigenvalue weighted by Crippen LogP contribution is 2.42. The van der Waals surface area contributed by atoms with E-state index < -0.39 is 41.8 Å². The molecule has 0 bridgehead atoms. The van der Waals surface area contributed by atoms with E-state index in [2.05, 4.69) is 5.32 Å². The topological polar surface area (TPSA) is 113 Å². The molecule has 9 nitrogen and oxygen atoms in total. The minimum atomic E-state index is -0.961. The summed E-state index contributed by atoms with van der Waals surface area (Å²) in [5, 5.41) is 2.65. The molecule has 1 aliphatic carbocycles. The second-order valence-corrected chi connectivity index (χ2v) is 7.33. The Morgan fingerprint density at radius 2 is 1.71 bits per heavy atom. The van der Waals surface area contributed by atoms with Gasteiger partial charge in [0, 0.05) is 0 Å². The van der Waals surface area contributed by atoms with E-state index >= 15 is 0 Å². The summed E-state index contributed by atoms with van der Waals surface area (Å²) in [5.74, 6) is -1.99. The molecule has 3 aliphatic rings. The molecular formula is C19H19N3O6. The van der Waals surface area contributed by atoms with Crippen molar-refractivity contribution >= 4 is 29.7 Å². The van der Waals surface area contributed by atoms with E-state index in [4.69, 9.17) is 4.74 Å². The first kappa shape index (κ1) is 18.1. The molecule has 0 spiro atoms. The highest BCUT2D eigenvalue weighted by atomic mass is 16.5. The molecule has 2 fully saturated rings. The van der Waals surface area contributed by atoms with Gasteiger partial charge in [-0.2, -0.15) is 0 Å². The average molecular weight is 385 g/mol. The van der Waals surface area contributed by atoms with Gasteiger partial charge in [0.25, 0.3) is 17.7 Å². The van der Waals surface area contributed by atoms with Crippen LogP contribution >= 0.6 is 0 Å². The Morgan fingerprint density at radius 3 is 2.29 bits per heavy atom. The standard InChI is InChI=1S/C19H19N3O6/c1-19(11-6-7-11)17(26)22(18(27)20-19)10-14(23)28-9-8-21-15(24)12-4-2-3-5-13(12)16(21)25/h2-5,11H,6-10H2,1H3,(H,20,27)/t19-/m1/s1. The third kappa shape index (κ3) is 2.83. The van der Waals surface area contributed by atoms with Crippen molar-refractivity contribution in [1.82, 2.24) is 15.1 Å². The Balaban J connectivity index is 1.30. The van der Waals surface area contributed by atoms with Crippen LogP contribution in [0.1, 0.15) is 40.5 Å². The van der Waals surface area contributed by atoms with E-state index in [0.29, 0.717) is 11.1 Å². The highest BCUT2D eigenvalue weighted by Gasteiger charge is 2.56. The Morgan fingerprint density at radius 1 is 1.11 bits per heavy atom. The lowest BCUT2D eigenvalue weighted by Crippen LogP contribution is -2.46. The minimum Gasteiger partial charge on any atom is -0.462 e. The number of hydrogen-bond donors (Lipinski definition) is 1. The van der Waals surface area contributed by atoms with Gasteiger partial charge in [-0.1, -0.05) is 12.1 Å². The number of nitrogens with one attached hydrogen (secondary N) is 1. The number of urea groups is 1. The van der Waals surface area contributed by atoms with Gasteiger partial charge in [0.15, 0.2) is 0 Å². The van der Waals surface area contributed by atoms with Crippen LogP contribution in [0.15, 0.2) is 24.3 Å². The summed E-state index contributed by atoms with van der Waals surface area (Å²) in [6.07, 6.45) is 1.72. The number of benzene rings is 1. The number of fused-ring (bicyclic) bond motifs is 1. The molecule has 146 valence electrons. The van der Waals surface area contributed by atoms with Crippen LogP contribution in [0.2, 0.25) is 0 Å². The lowest BCUT2D eigenvalue weighted by molar-refractivity contribution is -0.148. The van der Waals surface area contributed by atoms with Gasteiger partial charge >= 0.3 is 12.0 Å². The zero-order valence-corrected chi connectivity index (χ0v) is 15.3. The molecule has 4 rings (SSSR count). The second-order valence-electron chi connectivity index (χ2n) is 7.33. The van der Waals surface area contributed by atoms with E-state index in [1.54, 1.807) is 31.2 Å². The molecule has 1 N–H and O–H groups in total. The summed E-state index contributed by atoms with van der Waals surface area (Å²) in [7, 11) is 0. The second kappa shape index (κ2) is 6.43. The van der Waals surface area contributed by atoms with Crippen LogP contribution in [0.3, 0.4) is 0 Å². The van der Waals surface area contributed by atoms with Crippen LogP contribution in [0.5, 0.6) is 0 Å². The fourth-order valence-electron chi connectivity index (χ4n) is 3.66. The van der Waals surface area contributed by atoms with E-state index in [1.165, 1.54) is 0 Å². The van der Waals surface area contributed by atoms with Gasteiger partial charge in [-0.15, -0.1) is 0 Å². The first-order valence-corrected chi connectivity index (χ1v) is 9.08. The van der Waals surface area contributed by atoms with Crippen LogP contribution in [0.4, 0.5) is 4.79 Å².